The molecule has 0 radical (unpaired) electrons. The topological polar surface area (TPSA) is 64.9 Å². The van der Waals surface area contributed by atoms with Gasteiger partial charge in [-0.25, -0.2) is 0 Å². The number of carbonyl (C=O) groups excluding carboxylic acids is 1. The Balaban J connectivity index is 2.12. The second-order valence-electron chi connectivity index (χ2n) is 4.44. The number of hydrogen-bond donors (Lipinski definition) is 2. The Bertz CT molecular complexity index is 792. The Labute approximate surface area is 148 Å². The summed E-state index contributed by atoms with van der Waals surface area (Å²) in [6.07, 6.45) is 1.28. The molecular formula is C16H10Cl3N3O. The van der Waals surface area contributed by atoms with Crippen LogP contribution in [0.4, 0.5) is 11.4 Å². The third-order valence-corrected chi connectivity index (χ3v) is 3.36. The van der Waals surface area contributed by atoms with Crippen molar-refractivity contribution in [3.8, 4) is 6.07 Å². The van der Waals surface area contributed by atoms with Crippen LogP contribution < -0.4 is 10.6 Å². The van der Waals surface area contributed by atoms with E-state index in [4.69, 9.17) is 40.1 Å². The standard InChI is InChI=1S/C16H10Cl3N3O/c17-11-2-1-3-14(5-11)22-16(23)10(8-20)9-21-15-6-12(18)4-13(19)7-15/h1-7,9,21H,(H,22,23)/b10-9-. The number of rotatable bonds is 4. The highest BCUT2D eigenvalue weighted by Gasteiger charge is 2.09. The molecule has 1 amide bonds. The summed E-state index contributed by atoms with van der Waals surface area (Å²) in [4.78, 5) is 12.1. The molecule has 2 N–H and O–H groups in total. The Morgan fingerprint density at radius 1 is 1.00 bits per heavy atom. The highest BCUT2D eigenvalue weighted by molar-refractivity contribution is 6.35. The van der Waals surface area contributed by atoms with Crippen LogP contribution in [0.15, 0.2) is 54.2 Å². The number of halogens is 3. The first-order chi connectivity index (χ1) is 11.0. The summed E-state index contributed by atoms with van der Waals surface area (Å²) in [6.45, 7) is 0. The molecule has 2 rings (SSSR count). The average molecular weight is 367 g/mol. The third-order valence-electron chi connectivity index (χ3n) is 2.69. The van der Waals surface area contributed by atoms with Crippen LogP contribution in [0.3, 0.4) is 0 Å². The van der Waals surface area contributed by atoms with E-state index in [0.717, 1.165) is 0 Å². The van der Waals surface area contributed by atoms with Crippen molar-refractivity contribution in [1.82, 2.24) is 0 Å². The highest BCUT2D eigenvalue weighted by atomic mass is 35.5. The van der Waals surface area contributed by atoms with E-state index < -0.39 is 5.91 Å². The van der Waals surface area contributed by atoms with Gasteiger partial charge in [0.1, 0.15) is 11.6 Å². The fourth-order valence-corrected chi connectivity index (χ4v) is 2.42. The van der Waals surface area contributed by atoms with Gasteiger partial charge in [0, 0.05) is 32.6 Å². The number of benzene rings is 2. The molecule has 0 saturated heterocycles. The maximum Gasteiger partial charge on any atom is 0.267 e. The van der Waals surface area contributed by atoms with Crippen molar-refractivity contribution < 1.29 is 4.79 Å². The van der Waals surface area contributed by atoms with Crippen molar-refractivity contribution in [3.63, 3.8) is 0 Å². The minimum Gasteiger partial charge on any atom is -0.360 e. The summed E-state index contributed by atoms with van der Waals surface area (Å²) in [5.74, 6) is -0.560. The molecule has 116 valence electrons. The second kappa shape index (κ2) is 7.89. The van der Waals surface area contributed by atoms with Gasteiger partial charge in [0.25, 0.3) is 5.91 Å². The van der Waals surface area contributed by atoms with E-state index in [1.807, 2.05) is 6.07 Å². The Kier molecular flexibility index (Phi) is 5.89. The molecule has 0 atom stereocenters. The summed E-state index contributed by atoms with van der Waals surface area (Å²) in [5, 5.41) is 15.9. The molecule has 7 heteroatoms. The summed E-state index contributed by atoms with van der Waals surface area (Å²) < 4.78 is 0. The van der Waals surface area contributed by atoms with Gasteiger partial charge in [0.2, 0.25) is 0 Å². The van der Waals surface area contributed by atoms with Crippen molar-refractivity contribution in [2.24, 2.45) is 0 Å². The molecule has 0 aliphatic heterocycles. The summed E-state index contributed by atoms with van der Waals surface area (Å²) in [7, 11) is 0. The first kappa shape index (κ1) is 17.2. The van der Waals surface area contributed by atoms with E-state index in [1.165, 1.54) is 6.20 Å². The van der Waals surface area contributed by atoms with Crippen LogP contribution in [0.2, 0.25) is 15.1 Å². The third kappa shape index (κ3) is 5.19. The molecule has 2 aromatic carbocycles. The molecule has 0 heterocycles. The van der Waals surface area contributed by atoms with Crippen molar-refractivity contribution in [1.29, 1.82) is 5.26 Å². The van der Waals surface area contributed by atoms with Gasteiger partial charge >= 0.3 is 0 Å². The van der Waals surface area contributed by atoms with Gasteiger partial charge < -0.3 is 10.6 Å². The van der Waals surface area contributed by atoms with Gasteiger partial charge in [-0.3, -0.25) is 4.79 Å². The Morgan fingerprint density at radius 3 is 2.26 bits per heavy atom. The number of nitriles is 1. The zero-order chi connectivity index (χ0) is 16.8. The SMILES string of the molecule is N#C/C(=C/Nc1cc(Cl)cc(Cl)c1)C(=O)Nc1cccc(Cl)c1. The highest BCUT2D eigenvalue weighted by Crippen LogP contribution is 2.22. The lowest BCUT2D eigenvalue weighted by atomic mass is 10.2. The van der Waals surface area contributed by atoms with Gasteiger partial charge in [0.15, 0.2) is 0 Å². The molecular weight excluding hydrogens is 357 g/mol. The van der Waals surface area contributed by atoms with Crippen LogP contribution in [-0.4, -0.2) is 5.91 Å². The minimum atomic E-state index is -0.560. The van der Waals surface area contributed by atoms with E-state index in [2.05, 4.69) is 10.6 Å². The number of carbonyl (C=O) groups is 1. The van der Waals surface area contributed by atoms with E-state index in [0.29, 0.717) is 26.4 Å². The second-order valence-corrected chi connectivity index (χ2v) is 5.75. The normalized spacial score (nSPS) is 10.8. The van der Waals surface area contributed by atoms with Gasteiger partial charge in [-0.05, 0) is 36.4 Å². The van der Waals surface area contributed by atoms with E-state index in [-0.39, 0.29) is 5.57 Å². The predicted octanol–water partition coefficient (Wildman–Crippen LogP) is 5.10. The lowest BCUT2D eigenvalue weighted by molar-refractivity contribution is -0.112. The number of nitrogens with zero attached hydrogens (tertiary/aromatic N) is 1. The Hall–Kier alpha value is -2.19. The zero-order valence-corrected chi connectivity index (χ0v) is 13.9. The summed E-state index contributed by atoms with van der Waals surface area (Å²) >= 11 is 17.6. The van der Waals surface area contributed by atoms with E-state index >= 15 is 0 Å². The molecule has 4 nitrogen and oxygen atoms in total. The van der Waals surface area contributed by atoms with Crippen LogP contribution >= 0.6 is 34.8 Å². The van der Waals surface area contributed by atoms with Gasteiger partial charge in [-0.15, -0.1) is 0 Å². The molecule has 0 fully saturated rings. The largest absolute Gasteiger partial charge is 0.360 e. The van der Waals surface area contributed by atoms with Crippen LogP contribution in [0.1, 0.15) is 0 Å². The number of anilines is 2. The summed E-state index contributed by atoms with van der Waals surface area (Å²) in [6, 6.07) is 13.3. The van der Waals surface area contributed by atoms with Crippen LogP contribution in [0.25, 0.3) is 0 Å². The molecule has 0 spiro atoms. The van der Waals surface area contributed by atoms with E-state index in [1.54, 1.807) is 42.5 Å². The van der Waals surface area contributed by atoms with Gasteiger partial charge in [0.05, 0.1) is 0 Å². The molecule has 0 aromatic heterocycles. The summed E-state index contributed by atoms with van der Waals surface area (Å²) in [5.41, 5.74) is 0.946. The van der Waals surface area contributed by atoms with E-state index in [9.17, 15) is 4.79 Å². The molecule has 0 aliphatic rings. The molecule has 0 unspecified atom stereocenters. The number of nitrogens with one attached hydrogen (secondary N) is 2. The molecule has 0 saturated carbocycles. The number of hydrogen-bond acceptors (Lipinski definition) is 3. The zero-order valence-electron chi connectivity index (χ0n) is 11.6. The van der Waals surface area contributed by atoms with Gasteiger partial charge in [-0.2, -0.15) is 5.26 Å². The van der Waals surface area contributed by atoms with Crippen molar-refractivity contribution in [2.75, 3.05) is 10.6 Å². The van der Waals surface area contributed by atoms with Crippen molar-refractivity contribution in [3.05, 3.63) is 69.3 Å². The first-order valence-electron chi connectivity index (χ1n) is 6.38. The van der Waals surface area contributed by atoms with Crippen molar-refractivity contribution in [2.45, 2.75) is 0 Å². The Morgan fingerprint density at radius 2 is 1.65 bits per heavy atom. The van der Waals surface area contributed by atoms with Crippen LogP contribution in [0.5, 0.6) is 0 Å². The van der Waals surface area contributed by atoms with Gasteiger partial charge in [-0.1, -0.05) is 40.9 Å². The maximum absolute atomic E-state index is 12.1. The first-order valence-corrected chi connectivity index (χ1v) is 7.51. The minimum absolute atomic E-state index is 0.110. The monoisotopic (exact) mass is 365 g/mol. The van der Waals surface area contributed by atoms with Crippen molar-refractivity contribution >= 4 is 52.1 Å². The lowest BCUT2D eigenvalue weighted by Crippen LogP contribution is -2.14. The predicted molar refractivity (Wildman–Crippen MR) is 93.9 cm³/mol. The molecule has 0 bridgehead atoms. The fourth-order valence-electron chi connectivity index (χ4n) is 1.71. The lowest BCUT2D eigenvalue weighted by Gasteiger charge is -2.06. The maximum atomic E-state index is 12.1. The van der Waals surface area contributed by atoms with Crippen LogP contribution in [-0.2, 0) is 4.79 Å². The molecule has 0 aliphatic carbocycles. The average Bonchev–Trinajstić information content (AvgIpc) is 2.46. The molecule has 2 aromatic rings. The quantitative estimate of drug-likeness (QED) is 0.584. The van der Waals surface area contributed by atoms with Crippen LogP contribution in [0, 0.1) is 11.3 Å². The smallest absolute Gasteiger partial charge is 0.267 e. The fraction of sp³-hybridized carbons (Fsp3) is 0. The molecule has 23 heavy (non-hydrogen) atoms. The number of amides is 1.